The van der Waals surface area contributed by atoms with Gasteiger partial charge in [0.05, 0.1) is 16.3 Å². The topological polar surface area (TPSA) is 24.9 Å². The minimum Gasteiger partial charge on any atom is -0.301 e. The fourth-order valence-corrected chi connectivity index (χ4v) is 5.07. The van der Waals surface area contributed by atoms with E-state index in [4.69, 9.17) is 4.98 Å². The second-order valence-electron chi connectivity index (χ2n) is 5.65. The number of rotatable bonds is 3. The lowest BCUT2D eigenvalue weighted by molar-refractivity contribution is 0.418. The number of aryl methyl sites for hydroxylation is 1. The zero-order valence-electron chi connectivity index (χ0n) is 12.0. The molecule has 0 spiro atoms. The predicted molar refractivity (Wildman–Crippen MR) is 91.2 cm³/mol. The molecule has 3 aromatic rings. The summed E-state index contributed by atoms with van der Waals surface area (Å²) in [5.74, 6) is 0. The Morgan fingerprint density at radius 3 is 3.10 bits per heavy atom. The van der Waals surface area contributed by atoms with E-state index in [-0.39, 0.29) is 0 Å². The Labute approximate surface area is 132 Å². The first kappa shape index (κ1) is 13.4. The van der Waals surface area contributed by atoms with E-state index in [1.807, 2.05) is 11.3 Å². The minimum absolute atomic E-state index is 0.304. The van der Waals surface area contributed by atoms with Crippen LogP contribution in [0.1, 0.15) is 47.3 Å². The fraction of sp³-hybridized carbons (Fsp3) is 0.353. The third-order valence-electron chi connectivity index (χ3n) is 4.18. The van der Waals surface area contributed by atoms with Crippen LogP contribution in [0.4, 0.5) is 0 Å². The summed E-state index contributed by atoms with van der Waals surface area (Å²) in [5.41, 5.74) is 2.63. The first-order valence-corrected chi connectivity index (χ1v) is 9.18. The van der Waals surface area contributed by atoms with Crippen LogP contribution in [-0.2, 0) is 6.42 Å². The maximum atomic E-state index is 4.78. The van der Waals surface area contributed by atoms with Crippen LogP contribution in [0.2, 0.25) is 0 Å². The van der Waals surface area contributed by atoms with Gasteiger partial charge in [0.25, 0.3) is 0 Å². The molecular formula is C17H18N2S2. The van der Waals surface area contributed by atoms with Crippen LogP contribution in [0.3, 0.4) is 0 Å². The van der Waals surface area contributed by atoms with Crippen molar-refractivity contribution in [1.29, 1.82) is 0 Å². The van der Waals surface area contributed by atoms with E-state index in [1.54, 1.807) is 16.2 Å². The van der Waals surface area contributed by atoms with Crippen LogP contribution in [0.15, 0.2) is 35.7 Å². The number of benzene rings is 1. The molecule has 0 amide bonds. The second kappa shape index (κ2) is 5.52. The summed E-state index contributed by atoms with van der Waals surface area (Å²) in [6.45, 7) is 2.23. The number of nitrogens with zero attached hydrogens (tertiary/aromatic N) is 1. The molecule has 0 bridgehead atoms. The predicted octanol–water partition coefficient (Wildman–Crippen LogP) is 5.09. The lowest BCUT2D eigenvalue weighted by Gasteiger charge is -2.26. The van der Waals surface area contributed by atoms with Crippen molar-refractivity contribution in [3.05, 3.63) is 51.2 Å². The van der Waals surface area contributed by atoms with Gasteiger partial charge < -0.3 is 5.32 Å². The molecule has 1 aliphatic rings. The molecule has 0 aliphatic heterocycles. The highest BCUT2D eigenvalue weighted by Crippen LogP contribution is 2.35. The third kappa shape index (κ3) is 2.52. The molecule has 2 unspecified atom stereocenters. The molecule has 0 fully saturated rings. The number of fused-ring (bicyclic) bond motifs is 2. The Hall–Kier alpha value is -1.23. The van der Waals surface area contributed by atoms with Crippen molar-refractivity contribution in [2.75, 3.05) is 0 Å². The van der Waals surface area contributed by atoms with Crippen LogP contribution >= 0.6 is 22.7 Å². The van der Waals surface area contributed by atoms with Gasteiger partial charge in [-0.3, -0.25) is 0 Å². The molecular weight excluding hydrogens is 296 g/mol. The summed E-state index contributed by atoms with van der Waals surface area (Å²) >= 11 is 3.71. The molecule has 1 aliphatic carbocycles. The molecule has 0 saturated carbocycles. The van der Waals surface area contributed by atoms with Crippen molar-refractivity contribution in [3.63, 3.8) is 0 Å². The SMILES string of the molecule is CC(NC1CCCc2sccc21)c1nc2ccccc2s1. The normalized spacial score (nSPS) is 19.6. The molecule has 108 valence electrons. The van der Waals surface area contributed by atoms with Crippen LogP contribution in [0, 0.1) is 0 Å². The van der Waals surface area contributed by atoms with E-state index in [2.05, 4.69) is 48.0 Å². The van der Waals surface area contributed by atoms with Crippen molar-refractivity contribution in [2.45, 2.75) is 38.3 Å². The summed E-state index contributed by atoms with van der Waals surface area (Å²) in [6, 6.07) is 11.5. The van der Waals surface area contributed by atoms with Crippen molar-refractivity contribution in [3.8, 4) is 0 Å². The molecule has 1 aromatic carbocycles. The quantitative estimate of drug-likeness (QED) is 0.728. The van der Waals surface area contributed by atoms with Gasteiger partial charge in [-0.1, -0.05) is 12.1 Å². The Morgan fingerprint density at radius 2 is 2.19 bits per heavy atom. The number of thiophene rings is 1. The molecule has 0 radical (unpaired) electrons. The van der Waals surface area contributed by atoms with Gasteiger partial charge in [0.15, 0.2) is 0 Å². The van der Waals surface area contributed by atoms with E-state index in [0.29, 0.717) is 12.1 Å². The number of hydrogen-bond donors (Lipinski definition) is 1. The molecule has 4 rings (SSSR count). The smallest absolute Gasteiger partial charge is 0.111 e. The Balaban J connectivity index is 1.57. The number of hydrogen-bond acceptors (Lipinski definition) is 4. The van der Waals surface area contributed by atoms with Crippen LogP contribution in [-0.4, -0.2) is 4.98 Å². The van der Waals surface area contributed by atoms with E-state index in [1.165, 1.54) is 34.5 Å². The van der Waals surface area contributed by atoms with Gasteiger partial charge in [0.1, 0.15) is 5.01 Å². The van der Waals surface area contributed by atoms with Crippen LogP contribution < -0.4 is 5.32 Å². The molecule has 2 nitrogen and oxygen atoms in total. The monoisotopic (exact) mass is 314 g/mol. The van der Waals surface area contributed by atoms with Gasteiger partial charge in [-0.2, -0.15) is 0 Å². The molecule has 21 heavy (non-hydrogen) atoms. The summed E-state index contributed by atoms with van der Waals surface area (Å²) < 4.78 is 1.28. The first-order valence-electron chi connectivity index (χ1n) is 7.49. The van der Waals surface area contributed by atoms with E-state index < -0.39 is 0 Å². The largest absolute Gasteiger partial charge is 0.301 e. The Bertz CT molecular complexity index is 726. The van der Waals surface area contributed by atoms with E-state index >= 15 is 0 Å². The molecule has 2 aromatic heterocycles. The minimum atomic E-state index is 0.304. The first-order chi connectivity index (χ1) is 10.3. The lowest BCUT2D eigenvalue weighted by Crippen LogP contribution is -2.26. The number of thiazole rings is 1. The summed E-state index contributed by atoms with van der Waals surface area (Å²) in [5, 5.41) is 7.22. The number of nitrogens with one attached hydrogen (secondary N) is 1. The van der Waals surface area contributed by atoms with Gasteiger partial charge in [-0.15, -0.1) is 22.7 Å². The van der Waals surface area contributed by atoms with Gasteiger partial charge in [0.2, 0.25) is 0 Å². The van der Waals surface area contributed by atoms with E-state index in [0.717, 1.165) is 5.52 Å². The molecule has 0 saturated heterocycles. The van der Waals surface area contributed by atoms with Crippen LogP contribution in [0.25, 0.3) is 10.2 Å². The van der Waals surface area contributed by atoms with Gasteiger partial charge in [-0.05, 0) is 55.3 Å². The van der Waals surface area contributed by atoms with Crippen molar-refractivity contribution in [1.82, 2.24) is 10.3 Å². The van der Waals surface area contributed by atoms with Crippen molar-refractivity contribution >= 4 is 32.9 Å². The molecule has 2 heterocycles. The second-order valence-corrected chi connectivity index (χ2v) is 7.72. The molecule has 4 heteroatoms. The van der Waals surface area contributed by atoms with Gasteiger partial charge >= 0.3 is 0 Å². The van der Waals surface area contributed by atoms with E-state index in [9.17, 15) is 0 Å². The zero-order valence-corrected chi connectivity index (χ0v) is 13.6. The van der Waals surface area contributed by atoms with Crippen LogP contribution in [0.5, 0.6) is 0 Å². The molecule has 1 N–H and O–H groups in total. The maximum Gasteiger partial charge on any atom is 0.111 e. The third-order valence-corrected chi connectivity index (χ3v) is 6.40. The summed E-state index contributed by atoms with van der Waals surface area (Å²) in [6.07, 6.45) is 3.78. The standard InChI is InChI=1S/C17H18N2S2/c1-11(17-19-14-5-2-3-7-16(14)21-17)18-13-6-4-8-15-12(13)9-10-20-15/h2-3,5,7,9-11,13,18H,4,6,8H2,1H3. The highest BCUT2D eigenvalue weighted by molar-refractivity contribution is 7.18. The van der Waals surface area contributed by atoms with Gasteiger partial charge in [-0.25, -0.2) is 4.98 Å². The van der Waals surface area contributed by atoms with Crippen molar-refractivity contribution < 1.29 is 0 Å². The van der Waals surface area contributed by atoms with Gasteiger partial charge in [0, 0.05) is 10.9 Å². The molecule has 2 atom stereocenters. The Morgan fingerprint density at radius 1 is 1.29 bits per heavy atom. The number of aromatic nitrogens is 1. The summed E-state index contributed by atoms with van der Waals surface area (Å²) in [7, 11) is 0. The highest BCUT2D eigenvalue weighted by atomic mass is 32.1. The Kier molecular flexibility index (Phi) is 3.53. The average Bonchev–Trinajstić information content (AvgIpc) is 3.14. The van der Waals surface area contributed by atoms with Crippen molar-refractivity contribution in [2.24, 2.45) is 0 Å². The highest BCUT2D eigenvalue weighted by Gasteiger charge is 2.23. The summed E-state index contributed by atoms with van der Waals surface area (Å²) in [4.78, 5) is 6.35. The average molecular weight is 314 g/mol. The zero-order chi connectivity index (χ0) is 14.2. The maximum absolute atomic E-state index is 4.78. The fourth-order valence-electron chi connectivity index (χ4n) is 3.11. The number of para-hydroxylation sites is 1. The lowest BCUT2D eigenvalue weighted by atomic mass is 9.93.